The Morgan fingerprint density at radius 2 is 2.18 bits per heavy atom. The monoisotopic (exact) mass is 378 g/mol. The van der Waals surface area contributed by atoms with Crippen LogP contribution in [0.2, 0.25) is 5.02 Å². The number of fused-ring (bicyclic) bond motifs is 1. The van der Waals surface area contributed by atoms with Crippen molar-refractivity contribution in [1.82, 2.24) is 0 Å². The fourth-order valence-corrected chi connectivity index (χ4v) is 6.80. The molecule has 2 fully saturated rings. The summed E-state index contributed by atoms with van der Waals surface area (Å²) in [5.41, 5.74) is 0.728. The summed E-state index contributed by atoms with van der Waals surface area (Å²) in [7, 11) is -3.08. The van der Waals surface area contributed by atoms with Gasteiger partial charge in [-0.2, -0.15) is 4.99 Å². The number of anilines is 1. The molecule has 3 rings (SSSR count). The average Bonchev–Trinajstić information content (AvgIpc) is 2.89. The van der Waals surface area contributed by atoms with E-state index in [9.17, 15) is 13.2 Å². The Balaban J connectivity index is 2.03. The number of aliphatic imine (C=N–C) groups is 1. The van der Waals surface area contributed by atoms with E-state index in [0.717, 1.165) is 5.69 Å². The van der Waals surface area contributed by atoms with Crippen LogP contribution in [0.15, 0.2) is 29.3 Å². The van der Waals surface area contributed by atoms with Crippen LogP contribution in [-0.4, -0.2) is 48.2 Å². The molecule has 0 aromatic heterocycles. The molecule has 0 spiro atoms. The zero-order valence-corrected chi connectivity index (χ0v) is 14.4. The van der Waals surface area contributed by atoms with Crippen molar-refractivity contribution >= 4 is 61.6 Å². The van der Waals surface area contributed by atoms with Crippen LogP contribution < -0.4 is 4.90 Å². The van der Waals surface area contributed by atoms with Gasteiger partial charge in [-0.15, -0.1) is 11.6 Å². The lowest BCUT2D eigenvalue weighted by Gasteiger charge is -2.24. The Kier molecular flexibility index (Phi) is 4.42. The molecule has 2 aliphatic rings. The largest absolute Gasteiger partial charge is 0.316 e. The fraction of sp³-hybridized carbons (Fsp3) is 0.385. The number of amides is 1. The molecule has 1 aromatic carbocycles. The van der Waals surface area contributed by atoms with Gasteiger partial charge in [0.15, 0.2) is 15.0 Å². The third kappa shape index (κ3) is 3.13. The number of carbonyl (C=O) groups is 1. The van der Waals surface area contributed by atoms with Crippen molar-refractivity contribution in [3.63, 3.8) is 0 Å². The van der Waals surface area contributed by atoms with Crippen LogP contribution in [0, 0.1) is 0 Å². The first-order chi connectivity index (χ1) is 10.4. The number of nitrogens with zero attached hydrogens (tertiary/aromatic N) is 2. The molecule has 0 aliphatic carbocycles. The van der Waals surface area contributed by atoms with E-state index < -0.39 is 15.7 Å². The number of carbonyl (C=O) groups excluding carboxylic acids is 1. The van der Waals surface area contributed by atoms with E-state index in [-0.39, 0.29) is 28.7 Å². The second-order valence-electron chi connectivity index (χ2n) is 5.07. The summed E-state index contributed by atoms with van der Waals surface area (Å²) < 4.78 is 23.8. The molecule has 0 radical (unpaired) electrons. The second kappa shape index (κ2) is 6.03. The summed E-state index contributed by atoms with van der Waals surface area (Å²) in [6.45, 7) is 0. The number of hydrogen-bond acceptors (Lipinski definition) is 4. The average molecular weight is 379 g/mol. The zero-order chi connectivity index (χ0) is 15.9. The normalized spacial score (nSPS) is 28.1. The molecule has 9 heteroatoms. The van der Waals surface area contributed by atoms with Gasteiger partial charge in [0.05, 0.1) is 17.5 Å². The van der Waals surface area contributed by atoms with E-state index in [0.29, 0.717) is 10.2 Å². The van der Waals surface area contributed by atoms with E-state index in [2.05, 4.69) is 4.99 Å². The number of rotatable bonds is 2. The highest BCUT2D eigenvalue weighted by molar-refractivity contribution is 8.16. The molecule has 1 aromatic rings. The Hall–Kier alpha value is -0.760. The molecule has 2 atom stereocenters. The first-order valence-corrected chi connectivity index (χ1v) is 10.1. The van der Waals surface area contributed by atoms with Gasteiger partial charge in [-0.05, 0) is 18.2 Å². The van der Waals surface area contributed by atoms with Gasteiger partial charge in [-0.3, -0.25) is 4.79 Å². The van der Waals surface area contributed by atoms with Gasteiger partial charge < -0.3 is 4.90 Å². The highest BCUT2D eigenvalue weighted by atomic mass is 35.5. The first-order valence-electron chi connectivity index (χ1n) is 6.49. The summed E-state index contributed by atoms with van der Waals surface area (Å²) in [4.78, 5) is 17.4. The van der Waals surface area contributed by atoms with Crippen molar-refractivity contribution in [1.29, 1.82) is 0 Å². The molecule has 2 unspecified atom stereocenters. The molecule has 0 saturated carbocycles. The van der Waals surface area contributed by atoms with Crippen LogP contribution in [0.4, 0.5) is 5.69 Å². The number of sulfone groups is 1. The Morgan fingerprint density at radius 3 is 2.86 bits per heavy atom. The van der Waals surface area contributed by atoms with Gasteiger partial charge in [-0.25, -0.2) is 8.42 Å². The molecule has 1 amide bonds. The van der Waals surface area contributed by atoms with E-state index in [1.54, 1.807) is 23.1 Å². The predicted octanol–water partition coefficient (Wildman–Crippen LogP) is 2.18. The fourth-order valence-electron chi connectivity index (χ4n) is 2.63. The molecule has 2 aliphatic heterocycles. The maximum absolute atomic E-state index is 11.9. The quantitative estimate of drug-likeness (QED) is 0.737. The van der Waals surface area contributed by atoms with Crippen LogP contribution >= 0.6 is 35.0 Å². The molecular weight excluding hydrogens is 367 g/mol. The van der Waals surface area contributed by atoms with Gasteiger partial charge in [0.2, 0.25) is 0 Å². The maximum atomic E-state index is 11.9. The SMILES string of the molecule is O=C(CCl)N=C1SC2CS(=O)(=O)CC2N1c1cccc(Cl)c1. The number of benzene rings is 1. The summed E-state index contributed by atoms with van der Waals surface area (Å²) in [6, 6.07) is 6.82. The first kappa shape index (κ1) is 16.1. The van der Waals surface area contributed by atoms with E-state index in [4.69, 9.17) is 23.2 Å². The minimum Gasteiger partial charge on any atom is -0.316 e. The third-order valence-corrected chi connectivity index (χ3v) is 7.16. The molecule has 5 nitrogen and oxygen atoms in total. The maximum Gasteiger partial charge on any atom is 0.262 e. The molecule has 22 heavy (non-hydrogen) atoms. The smallest absolute Gasteiger partial charge is 0.262 e. The minimum absolute atomic E-state index is 0.0469. The Morgan fingerprint density at radius 1 is 1.41 bits per heavy atom. The number of hydrogen-bond donors (Lipinski definition) is 0. The van der Waals surface area contributed by atoms with Crippen LogP contribution in [0.3, 0.4) is 0 Å². The van der Waals surface area contributed by atoms with E-state index >= 15 is 0 Å². The third-order valence-electron chi connectivity index (χ3n) is 3.49. The minimum atomic E-state index is -3.08. The molecule has 2 saturated heterocycles. The molecule has 0 bridgehead atoms. The summed E-state index contributed by atoms with van der Waals surface area (Å²) in [5.74, 6) is -0.515. The standard InChI is InChI=1S/C13H12Cl2N2O3S2/c14-5-12(18)16-13-17(9-3-1-2-8(15)4-9)10-6-22(19,20)7-11(10)21-13/h1-4,10-11H,5-7H2. The van der Waals surface area contributed by atoms with Crippen LogP contribution in [-0.2, 0) is 14.6 Å². The lowest BCUT2D eigenvalue weighted by molar-refractivity contribution is -0.115. The number of amidine groups is 1. The second-order valence-corrected chi connectivity index (χ2v) is 9.14. The van der Waals surface area contributed by atoms with Gasteiger partial charge in [0, 0.05) is 16.0 Å². The molecule has 2 heterocycles. The van der Waals surface area contributed by atoms with Gasteiger partial charge in [-0.1, -0.05) is 29.4 Å². The molecule has 0 N–H and O–H groups in total. The van der Waals surface area contributed by atoms with E-state index in [1.807, 2.05) is 6.07 Å². The van der Waals surface area contributed by atoms with Crippen molar-refractivity contribution in [3.8, 4) is 0 Å². The Bertz CT molecular complexity index is 751. The van der Waals surface area contributed by atoms with Crippen molar-refractivity contribution < 1.29 is 13.2 Å². The molecule has 118 valence electrons. The van der Waals surface area contributed by atoms with Crippen molar-refractivity contribution in [2.75, 3.05) is 22.3 Å². The van der Waals surface area contributed by atoms with Gasteiger partial charge in [0.1, 0.15) is 5.88 Å². The van der Waals surface area contributed by atoms with Crippen LogP contribution in [0.25, 0.3) is 0 Å². The van der Waals surface area contributed by atoms with Crippen molar-refractivity contribution in [3.05, 3.63) is 29.3 Å². The number of thioether (sulfide) groups is 1. The Labute approximate surface area is 142 Å². The van der Waals surface area contributed by atoms with Crippen molar-refractivity contribution in [2.24, 2.45) is 4.99 Å². The summed E-state index contributed by atoms with van der Waals surface area (Å²) in [6.07, 6.45) is 0. The lowest BCUT2D eigenvalue weighted by atomic mass is 10.2. The number of halogens is 2. The van der Waals surface area contributed by atoms with Crippen LogP contribution in [0.1, 0.15) is 0 Å². The predicted molar refractivity (Wildman–Crippen MR) is 90.9 cm³/mol. The molecular formula is C13H12Cl2N2O3S2. The topological polar surface area (TPSA) is 66.8 Å². The lowest BCUT2D eigenvalue weighted by Crippen LogP contribution is -2.37. The van der Waals surface area contributed by atoms with E-state index in [1.165, 1.54) is 11.8 Å². The van der Waals surface area contributed by atoms with Gasteiger partial charge in [0.25, 0.3) is 5.91 Å². The summed E-state index contributed by atoms with van der Waals surface area (Å²) >= 11 is 12.8. The summed E-state index contributed by atoms with van der Waals surface area (Å²) in [5, 5.41) is 0.887. The zero-order valence-electron chi connectivity index (χ0n) is 11.3. The highest BCUT2D eigenvalue weighted by Crippen LogP contribution is 2.41. The van der Waals surface area contributed by atoms with Crippen LogP contribution in [0.5, 0.6) is 0 Å². The number of alkyl halides is 1. The van der Waals surface area contributed by atoms with Gasteiger partial charge >= 0.3 is 0 Å². The van der Waals surface area contributed by atoms with Crippen molar-refractivity contribution in [2.45, 2.75) is 11.3 Å². The highest BCUT2D eigenvalue weighted by Gasteiger charge is 2.49.